The lowest BCUT2D eigenvalue weighted by atomic mass is 9.72. The van der Waals surface area contributed by atoms with Gasteiger partial charge in [-0.25, -0.2) is 0 Å². The lowest BCUT2D eigenvalue weighted by Gasteiger charge is -2.29. The first-order valence-electron chi connectivity index (χ1n) is 4.30. The molecule has 0 heterocycles. The molecule has 0 aromatic rings. The van der Waals surface area contributed by atoms with Crippen molar-refractivity contribution in [2.75, 3.05) is 0 Å². The van der Waals surface area contributed by atoms with Gasteiger partial charge in [0.05, 0.1) is 11.5 Å². The van der Waals surface area contributed by atoms with E-state index in [2.05, 4.69) is 32.1 Å². The third-order valence-electron chi connectivity index (χ3n) is 2.61. The highest BCUT2D eigenvalue weighted by Crippen LogP contribution is 2.37. The van der Waals surface area contributed by atoms with Gasteiger partial charge in [0.2, 0.25) is 0 Å². The van der Waals surface area contributed by atoms with Crippen LogP contribution in [-0.4, -0.2) is 0 Å². The van der Waals surface area contributed by atoms with Gasteiger partial charge in [0.25, 0.3) is 0 Å². The first-order chi connectivity index (χ1) is 5.21. The summed E-state index contributed by atoms with van der Waals surface area (Å²) in [5, 5.41) is 9.01. The Morgan fingerprint density at radius 2 is 2.27 bits per heavy atom. The van der Waals surface area contributed by atoms with E-state index in [0.29, 0.717) is 5.92 Å². The predicted octanol–water partition coefficient (Wildman–Crippen LogP) is 2.89. The number of hydrogen-bond acceptors (Lipinski definition) is 1. The maximum atomic E-state index is 9.01. The fraction of sp³-hybridized carbons (Fsp3) is 0.700. The molecule has 1 heteroatoms. The Hall–Kier alpha value is -0.770. The van der Waals surface area contributed by atoms with Crippen LogP contribution in [0, 0.1) is 22.7 Å². The molecule has 0 fully saturated rings. The smallest absolute Gasteiger partial charge is 0.0776 e. The SMILES string of the molecule is CC(C)C1(C#N)C=CCCC1. The molecule has 1 aliphatic carbocycles. The van der Waals surface area contributed by atoms with Gasteiger partial charge in [-0.05, 0) is 25.2 Å². The number of allylic oxidation sites excluding steroid dienone is 2. The van der Waals surface area contributed by atoms with Gasteiger partial charge in [0, 0.05) is 0 Å². The van der Waals surface area contributed by atoms with Crippen LogP contribution in [0.3, 0.4) is 0 Å². The van der Waals surface area contributed by atoms with Crippen molar-refractivity contribution in [1.82, 2.24) is 0 Å². The summed E-state index contributed by atoms with van der Waals surface area (Å²) in [7, 11) is 0. The van der Waals surface area contributed by atoms with E-state index in [1.807, 2.05) is 0 Å². The molecule has 1 unspecified atom stereocenters. The second-order valence-electron chi connectivity index (χ2n) is 3.60. The molecule has 0 aromatic heterocycles. The number of hydrogen-bond donors (Lipinski definition) is 0. The van der Waals surface area contributed by atoms with Crippen LogP contribution in [0.1, 0.15) is 33.1 Å². The Kier molecular flexibility index (Phi) is 2.34. The molecule has 0 spiro atoms. The van der Waals surface area contributed by atoms with Gasteiger partial charge in [-0.1, -0.05) is 26.0 Å². The van der Waals surface area contributed by atoms with Crippen LogP contribution >= 0.6 is 0 Å². The molecule has 1 rings (SSSR count). The van der Waals surface area contributed by atoms with Crippen LogP contribution in [0.2, 0.25) is 0 Å². The Morgan fingerprint density at radius 3 is 2.55 bits per heavy atom. The summed E-state index contributed by atoms with van der Waals surface area (Å²) in [4.78, 5) is 0. The molecule has 0 bridgehead atoms. The van der Waals surface area contributed by atoms with Crippen molar-refractivity contribution in [3.8, 4) is 6.07 Å². The Bertz CT molecular complexity index is 197. The van der Waals surface area contributed by atoms with Crippen LogP contribution in [0.4, 0.5) is 0 Å². The predicted molar refractivity (Wildman–Crippen MR) is 45.9 cm³/mol. The fourth-order valence-electron chi connectivity index (χ4n) is 1.59. The first-order valence-corrected chi connectivity index (χ1v) is 4.30. The molecule has 11 heavy (non-hydrogen) atoms. The van der Waals surface area contributed by atoms with Crippen molar-refractivity contribution >= 4 is 0 Å². The normalized spacial score (nSPS) is 30.4. The number of rotatable bonds is 1. The van der Waals surface area contributed by atoms with E-state index < -0.39 is 0 Å². The molecule has 0 aromatic carbocycles. The second kappa shape index (κ2) is 3.09. The average molecular weight is 149 g/mol. The Morgan fingerprint density at radius 1 is 1.55 bits per heavy atom. The minimum atomic E-state index is -0.155. The third-order valence-corrected chi connectivity index (χ3v) is 2.61. The molecule has 1 aliphatic rings. The zero-order valence-electron chi connectivity index (χ0n) is 7.30. The highest BCUT2D eigenvalue weighted by molar-refractivity contribution is 5.16. The quantitative estimate of drug-likeness (QED) is 0.526. The van der Waals surface area contributed by atoms with Crippen LogP contribution in [-0.2, 0) is 0 Å². The lowest BCUT2D eigenvalue weighted by Crippen LogP contribution is -2.24. The van der Waals surface area contributed by atoms with Crippen molar-refractivity contribution in [3.05, 3.63) is 12.2 Å². The van der Waals surface area contributed by atoms with E-state index in [1.54, 1.807) is 0 Å². The summed E-state index contributed by atoms with van der Waals surface area (Å²) in [6.07, 6.45) is 7.60. The van der Waals surface area contributed by atoms with E-state index in [-0.39, 0.29) is 5.41 Å². The van der Waals surface area contributed by atoms with Crippen molar-refractivity contribution < 1.29 is 0 Å². The van der Waals surface area contributed by atoms with E-state index >= 15 is 0 Å². The molecule has 60 valence electrons. The zero-order valence-corrected chi connectivity index (χ0v) is 7.30. The summed E-state index contributed by atoms with van der Waals surface area (Å²) in [6, 6.07) is 2.43. The summed E-state index contributed by atoms with van der Waals surface area (Å²) in [5.74, 6) is 0.448. The van der Waals surface area contributed by atoms with Gasteiger partial charge in [0.15, 0.2) is 0 Å². The van der Waals surface area contributed by atoms with Gasteiger partial charge in [0.1, 0.15) is 0 Å². The van der Waals surface area contributed by atoms with Crippen LogP contribution in [0.5, 0.6) is 0 Å². The van der Waals surface area contributed by atoms with E-state index in [4.69, 9.17) is 5.26 Å². The van der Waals surface area contributed by atoms with Crippen molar-refractivity contribution in [3.63, 3.8) is 0 Å². The molecule has 0 N–H and O–H groups in total. The Balaban J connectivity index is 2.84. The number of nitriles is 1. The largest absolute Gasteiger partial charge is 0.197 e. The standard InChI is InChI=1S/C10H15N/c1-9(2)10(8-11)6-4-3-5-7-10/h4,6,9H,3,5,7H2,1-2H3. The lowest BCUT2D eigenvalue weighted by molar-refractivity contribution is 0.314. The van der Waals surface area contributed by atoms with Crippen LogP contribution in [0.25, 0.3) is 0 Å². The van der Waals surface area contributed by atoms with Crippen LogP contribution in [0.15, 0.2) is 12.2 Å². The monoisotopic (exact) mass is 149 g/mol. The Labute approximate surface area is 68.7 Å². The van der Waals surface area contributed by atoms with Gasteiger partial charge in [-0.2, -0.15) is 5.26 Å². The maximum Gasteiger partial charge on any atom is 0.0776 e. The minimum absolute atomic E-state index is 0.155. The molecule has 0 aliphatic heterocycles. The molecule has 0 saturated heterocycles. The van der Waals surface area contributed by atoms with Crippen molar-refractivity contribution in [1.29, 1.82) is 5.26 Å². The molecule has 0 saturated carbocycles. The zero-order chi connectivity index (χ0) is 8.32. The fourth-order valence-corrected chi connectivity index (χ4v) is 1.59. The van der Waals surface area contributed by atoms with Crippen LogP contribution < -0.4 is 0 Å². The summed E-state index contributed by atoms with van der Waals surface area (Å²) in [6.45, 7) is 4.25. The highest BCUT2D eigenvalue weighted by atomic mass is 14.4. The van der Waals surface area contributed by atoms with E-state index in [1.165, 1.54) is 6.42 Å². The topological polar surface area (TPSA) is 23.8 Å². The molecular formula is C10H15N. The molecule has 1 atom stereocenters. The molecule has 0 amide bonds. The summed E-state index contributed by atoms with van der Waals surface area (Å²) >= 11 is 0. The highest BCUT2D eigenvalue weighted by Gasteiger charge is 2.31. The average Bonchev–Trinajstić information content (AvgIpc) is 2.05. The summed E-state index contributed by atoms with van der Waals surface area (Å²) in [5.41, 5.74) is -0.155. The second-order valence-corrected chi connectivity index (χ2v) is 3.60. The molecule has 1 nitrogen and oxygen atoms in total. The van der Waals surface area contributed by atoms with Crippen molar-refractivity contribution in [2.45, 2.75) is 33.1 Å². The molecular weight excluding hydrogens is 134 g/mol. The summed E-state index contributed by atoms with van der Waals surface area (Å²) < 4.78 is 0. The maximum absolute atomic E-state index is 9.01. The first kappa shape index (κ1) is 8.33. The van der Waals surface area contributed by atoms with E-state index in [0.717, 1.165) is 12.8 Å². The van der Waals surface area contributed by atoms with E-state index in [9.17, 15) is 0 Å². The van der Waals surface area contributed by atoms with Crippen molar-refractivity contribution in [2.24, 2.45) is 11.3 Å². The van der Waals surface area contributed by atoms with Gasteiger partial charge < -0.3 is 0 Å². The minimum Gasteiger partial charge on any atom is -0.197 e. The van der Waals surface area contributed by atoms with Gasteiger partial charge in [-0.3, -0.25) is 0 Å². The number of nitrogens with zero attached hydrogens (tertiary/aromatic N) is 1. The van der Waals surface area contributed by atoms with Gasteiger partial charge >= 0.3 is 0 Å². The van der Waals surface area contributed by atoms with Gasteiger partial charge in [-0.15, -0.1) is 0 Å². The third kappa shape index (κ3) is 1.45. The molecule has 0 radical (unpaired) electrons.